The summed E-state index contributed by atoms with van der Waals surface area (Å²) in [6.07, 6.45) is 0.173. The zero-order valence-electron chi connectivity index (χ0n) is 11.5. The molecule has 0 unspecified atom stereocenters. The summed E-state index contributed by atoms with van der Waals surface area (Å²) < 4.78 is 30.6. The molecule has 1 N–H and O–H groups in total. The van der Waals surface area contributed by atoms with Crippen LogP contribution in [0.2, 0.25) is 0 Å². The van der Waals surface area contributed by atoms with E-state index in [-0.39, 0.29) is 12.4 Å². The monoisotopic (exact) mass is 291 g/mol. The minimum atomic E-state index is -0.900. The SMILES string of the molecule is COC(=O)Cc1ccccc1CNc1ccc(F)c(F)c1. The molecule has 3 nitrogen and oxygen atoms in total. The van der Waals surface area contributed by atoms with Gasteiger partial charge in [-0.1, -0.05) is 24.3 Å². The van der Waals surface area contributed by atoms with Crippen LogP contribution in [0.25, 0.3) is 0 Å². The lowest BCUT2D eigenvalue weighted by molar-refractivity contribution is -0.139. The fourth-order valence-corrected chi connectivity index (χ4v) is 1.93. The molecule has 0 aromatic heterocycles. The highest BCUT2D eigenvalue weighted by atomic mass is 19.2. The van der Waals surface area contributed by atoms with E-state index in [1.165, 1.54) is 13.2 Å². The zero-order valence-corrected chi connectivity index (χ0v) is 11.5. The number of hydrogen-bond acceptors (Lipinski definition) is 3. The summed E-state index contributed by atoms with van der Waals surface area (Å²) in [6, 6.07) is 11.0. The molecule has 5 heteroatoms. The highest BCUT2D eigenvalue weighted by Crippen LogP contribution is 2.16. The molecule has 0 heterocycles. The van der Waals surface area contributed by atoms with Gasteiger partial charge in [0.05, 0.1) is 13.5 Å². The molecule has 110 valence electrons. The highest BCUT2D eigenvalue weighted by Gasteiger charge is 2.08. The van der Waals surface area contributed by atoms with Crippen molar-refractivity contribution in [1.29, 1.82) is 0 Å². The minimum absolute atomic E-state index is 0.173. The van der Waals surface area contributed by atoms with Gasteiger partial charge >= 0.3 is 5.97 Å². The van der Waals surface area contributed by atoms with E-state index in [1.807, 2.05) is 24.3 Å². The largest absolute Gasteiger partial charge is 0.469 e. The van der Waals surface area contributed by atoms with Gasteiger partial charge < -0.3 is 10.1 Å². The normalized spacial score (nSPS) is 10.2. The number of methoxy groups -OCH3 is 1. The summed E-state index contributed by atoms with van der Waals surface area (Å²) in [7, 11) is 1.34. The van der Waals surface area contributed by atoms with E-state index in [1.54, 1.807) is 0 Å². The average molecular weight is 291 g/mol. The molecule has 0 fully saturated rings. The molecule has 2 rings (SSSR count). The first kappa shape index (κ1) is 15.0. The van der Waals surface area contributed by atoms with Crippen molar-refractivity contribution in [2.75, 3.05) is 12.4 Å². The van der Waals surface area contributed by atoms with Crippen molar-refractivity contribution in [1.82, 2.24) is 0 Å². The molecule has 2 aromatic rings. The van der Waals surface area contributed by atoms with Crippen LogP contribution in [-0.2, 0) is 22.5 Å². The molecule has 0 aliphatic heterocycles. The summed E-state index contributed by atoms with van der Waals surface area (Å²) in [5, 5.41) is 3.00. The molecule has 0 aliphatic carbocycles. The third-order valence-electron chi connectivity index (χ3n) is 3.08. The quantitative estimate of drug-likeness (QED) is 0.859. The summed E-state index contributed by atoms with van der Waals surface area (Å²) in [5.74, 6) is -2.11. The van der Waals surface area contributed by atoms with Gasteiger partial charge in [0.15, 0.2) is 11.6 Å². The predicted octanol–water partition coefficient (Wildman–Crippen LogP) is 3.29. The lowest BCUT2D eigenvalue weighted by Gasteiger charge is -2.11. The van der Waals surface area contributed by atoms with E-state index in [0.29, 0.717) is 12.2 Å². The Morgan fingerprint density at radius 2 is 1.81 bits per heavy atom. The Morgan fingerprint density at radius 1 is 1.10 bits per heavy atom. The summed E-state index contributed by atoms with van der Waals surface area (Å²) in [5.41, 5.74) is 2.20. The molecule has 2 aromatic carbocycles. The molecular weight excluding hydrogens is 276 g/mol. The van der Waals surface area contributed by atoms with Gasteiger partial charge in [0.25, 0.3) is 0 Å². The lowest BCUT2D eigenvalue weighted by atomic mass is 10.0. The maximum absolute atomic E-state index is 13.1. The van der Waals surface area contributed by atoms with E-state index >= 15 is 0 Å². The number of benzene rings is 2. The molecular formula is C16H15F2NO2. The number of carbonyl (C=O) groups is 1. The molecule has 0 aliphatic rings. The van der Waals surface area contributed by atoms with Crippen LogP contribution < -0.4 is 5.32 Å². The van der Waals surface area contributed by atoms with Gasteiger partial charge in [-0.2, -0.15) is 0 Å². The molecule has 0 bridgehead atoms. The van der Waals surface area contributed by atoms with Crippen molar-refractivity contribution in [3.8, 4) is 0 Å². The smallest absolute Gasteiger partial charge is 0.309 e. The molecule has 0 radical (unpaired) electrons. The van der Waals surface area contributed by atoms with Crippen LogP contribution in [0, 0.1) is 11.6 Å². The summed E-state index contributed by atoms with van der Waals surface area (Å²) >= 11 is 0. The first-order valence-corrected chi connectivity index (χ1v) is 6.42. The number of nitrogens with one attached hydrogen (secondary N) is 1. The average Bonchev–Trinajstić information content (AvgIpc) is 2.49. The second kappa shape index (κ2) is 6.83. The van der Waals surface area contributed by atoms with Crippen LogP contribution in [0.3, 0.4) is 0 Å². The topological polar surface area (TPSA) is 38.3 Å². The number of ether oxygens (including phenoxy) is 1. The Bertz CT molecular complexity index is 644. The number of hydrogen-bond donors (Lipinski definition) is 1. The van der Waals surface area contributed by atoms with Crippen molar-refractivity contribution in [3.05, 3.63) is 65.2 Å². The Labute approximate surface area is 121 Å². The fraction of sp³-hybridized carbons (Fsp3) is 0.188. The lowest BCUT2D eigenvalue weighted by Crippen LogP contribution is -2.09. The Hall–Kier alpha value is -2.43. The van der Waals surface area contributed by atoms with Gasteiger partial charge in [-0.25, -0.2) is 8.78 Å². The number of halogens is 2. The van der Waals surface area contributed by atoms with Gasteiger partial charge in [-0.15, -0.1) is 0 Å². The molecule has 0 saturated heterocycles. The van der Waals surface area contributed by atoms with Crippen molar-refractivity contribution in [2.24, 2.45) is 0 Å². The minimum Gasteiger partial charge on any atom is -0.469 e. The highest BCUT2D eigenvalue weighted by molar-refractivity contribution is 5.72. The van der Waals surface area contributed by atoms with Gasteiger partial charge in [-0.3, -0.25) is 4.79 Å². The Kier molecular flexibility index (Phi) is 4.87. The van der Waals surface area contributed by atoms with Crippen molar-refractivity contribution >= 4 is 11.7 Å². The maximum atomic E-state index is 13.1. The standard InChI is InChI=1S/C16H15F2NO2/c1-21-16(20)8-11-4-2-3-5-12(11)10-19-13-6-7-14(17)15(18)9-13/h2-7,9,19H,8,10H2,1H3. The van der Waals surface area contributed by atoms with Crippen molar-refractivity contribution in [2.45, 2.75) is 13.0 Å². The fourth-order valence-electron chi connectivity index (χ4n) is 1.93. The number of rotatable bonds is 5. The van der Waals surface area contributed by atoms with Crippen LogP contribution in [0.15, 0.2) is 42.5 Å². The van der Waals surface area contributed by atoms with E-state index in [2.05, 4.69) is 10.1 Å². The maximum Gasteiger partial charge on any atom is 0.309 e. The second-order valence-electron chi connectivity index (χ2n) is 4.50. The number of esters is 1. The summed E-state index contributed by atoms with van der Waals surface area (Å²) in [6.45, 7) is 0.401. The van der Waals surface area contributed by atoms with Gasteiger partial charge in [0.1, 0.15) is 0 Å². The second-order valence-corrected chi connectivity index (χ2v) is 4.50. The molecule has 0 saturated carbocycles. The van der Waals surface area contributed by atoms with Gasteiger partial charge in [0, 0.05) is 18.3 Å². The summed E-state index contributed by atoms with van der Waals surface area (Å²) in [4.78, 5) is 11.4. The van der Waals surface area contributed by atoms with Crippen LogP contribution >= 0.6 is 0 Å². The van der Waals surface area contributed by atoms with Gasteiger partial charge in [-0.05, 0) is 23.3 Å². The number of carbonyl (C=O) groups excluding carboxylic acids is 1. The third kappa shape index (κ3) is 4.02. The van der Waals surface area contributed by atoms with Gasteiger partial charge in [0.2, 0.25) is 0 Å². The predicted molar refractivity (Wildman–Crippen MR) is 75.8 cm³/mol. The third-order valence-corrected chi connectivity index (χ3v) is 3.08. The van der Waals surface area contributed by atoms with E-state index in [4.69, 9.17) is 0 Å². The van der Waals surface area contributed by atoms with E-state index in [9.17, 15) is 13.6 Å². The van der Waals surface area contributed by atoms with Crippen LogP contribution in [0.1, 0.15) is 11.1 Å². The molecule has 0 amide bonds. The number of anilines is 1. The zero-order chi connectivity index (χ0) is 15.2. The van der Waals surface area contributed by atoms with E-state index < -0.39 is 11.6 Å². The molecule has 0 spiro atoms. The first-order chi connectivity index (χ1) is 10.1. The van der Waals surface area contributed by atoms with Crippen LogP contribution in [0.4, 0.5) is 14.5 Å². The Balaban J connectivity index is 2.09. The van der Waals surface area contributed by atoms with Crippen LogP contribution in [-0.4, -0.2) is 13.1 Å². The Morgan fingerprint density at radius 3 is 2.48 bits per heavy atom. The van der Waals surface area contributed by atoms with Crippen LogP contribution in [0.5, 0.6) is 0 Å². The van der Waals surface area contributed by atoms with Crippen molar-refractivity contribution < 1.29 is 18.3 Å². The molecule has 0 atom stereocenters. The first-order valence-electron chi connectivity index (χ1n) is 6.42. The van der Waals surface area contributed by atoms with E-state index in [0.717, 1.165) is 23.3 Å². The molecule has 21 heavy (non-hydrogen) atoms. The van der Waals surface area contributed by atoms with Crippen molar-refractivity contribution in [3.63, 3.8) is 0 Å².